The van der Waals surface area contributed by atoms with E-state index in [1.807, 2.05) is 43.3 Å². The Bertz CT molecular complexity index is 817. The lowest BCUT2D eigenvalue weighted by atomic mass is 9.93. The molecule has 0 bridgehead atoms. The Kier molecular flexibility index (Phi) is 6.62. The number of esters is 1. The first-order valence-electron chi connectivity index (χ1n) is 9.08. The third-order valence-corrected chi connectivity index (χ3v) is 3.75. The van der Waals surface area contributed by atoms with Gasteiger partial charge in [-0.15, -0.1) is 0 Å². The number of hydrogen-bond donors (Lipinski definition) is 0. The van der Waals surface area contributed by atoms with Gasteiger partial charge in [-0.3, -0.25) is 0 Å². The summed E-state index contributed by atoms with van der Waals surface area (Å²) in [6.07, 6.45) is 3.85. The lowest BCUT2D eigenvalue weighted by molar-refractivity contribution is -0.138. The van der Waals surface area contributed by atoms with E-state index in [-0.39, 0.29) is 11.4 Å². The number of allylic oxidation sites excluding steroid dienone is 1. The van der Waals surface area contributed by atoms with Gasteiger partial charge in [0.15, 0.2) is 0 Å². The maximum atomic E-state index is 12.7. The standard InChI is InChI=1S/C23H28O3/c1-6-25-21(16-23(3,4)5)20(22(24)26-7-2)15-18-13-10-12-17-11-8-9-14-19(17)18/h8-16H,6-7H2,1-5H3/b20-15+,21-16+. The Morgan fingerprint density at radius 2 is 1.62 bits per heavy atom. The molecule has 0 spiro atoms. The minimum Gasteiger partial charge on any atom is -0.493 e. The maximum Gasteiger partial charge on any atom is 0.341 e. The smallest absolute Gasteiger partial charge is 0.341 e. The second-order valence-electron chi connectivity index (χ2n) is 7.15. The first-order chi connectivity index (χ1) is 12.4. The van der Waals surface area contributed by atoms with Crippen LogP contribution in [0.4, 0.5) is 0 Å². The van der Waals surface area contributed by atoms with Crippen LogP contribution < -0.4 is 0 Å². The molecule has 0 unspecified atom stereocenters. The summed E-state index contributed by atoms with van der Waals surface area (Å²) in [5.41, 5.74) is 1.28. The highest BCUT2D eigenvalue weighted by molar-refractivity contribution is 6.01. The van der Waals surface area contributed by atoms with E-state index in [1.165, 1.54) is 0 Å². The molecule has 0 radical (unpaired) electrons. The van der Waals surface area contributed by atoms with E-state index in [4.69, 9.17) is 9.47 Å². The molecule has 26 heavy (non-hydrogen) atoms. The monoisotopic (exact) mass is 352 g/mol. The summed E-state index contributed by atoms with van der Waals surface area (Å²) in [5.74, 6) is 0.191. The lowest BCUT2D eigenvalue weighted by Gasteiger charge is -2.18. The quantitative estimate of drug-likeness (QED) is 0.287. The number of carbonyl (C=O) groups excluding carboxylic acids is 1. The Morgan fingerprint density at radius 3 is 2.27 bits per heavy atom. The summed E-state index contributed by atoms with van der Waals surface area (Å²) in [4.78, 5) is 12.7. The summed E-state index contributed by atoms with van der Waals surface area (Å²) in [6, 6.07) is 14.2. The summed E-state index contributed by atoms with van der Waals surface area (Å²) in [7, 11) is 0. The topological polar surface area (TPSA) is 35.5 Å². The molecule has 2 aromatic rings. The fourth-order valence-electron chi connectivity index (χ4n) is 2.72. The first kappa shape index (κ1) is 19.8. The Balaban J connectivity index is 2.64. The molecule has 0 aliphatic rings. The molecule has 0 heterocycles. The van der Waals surface area contributed by atoms with Gasteiger partial charge in [0.2, 0.25) is 0 Å². The van der Waals surface area contributed by atoms with Crippen LogP contribution >= 0.6 is 0 Å². The molecule has 0 aliphatic carbocycles. The van der Waals surface area contributed by atoms with Gasteiger partial charge < -0.3 is 9.47 Å². The van der Waals surface area contributed by atoms with Crippen LogP contribution in [0.1, 0.15) is 40.2 Å². The van der Waals surface area contributed by atoms with Gasteiger partial charge in [0.25, 0.3) is 0 Å². The predicted molar refractivity (Wildman–Crippen MR) is 108 cm³/mol. The highest BCUT2D eigenvalue weighted by atomic mass is 16.5. The molecule has 0 saturated carbocycles. The van der Waals surface area contributed by atoms with Crippen LogP contribution in [0.3, 0.4) is 0 Å². The third kappa shape index (κ3) is 5.22. The average Bonchev–Trinajstić information content (AvgIpc) is 2.58. The van der Waals surface area contributed by atoms with Crippen LogP contribution in [-0.4, -0.2) is 19.2 Å². The molecule has 3 heteroatoms. The molecular formula is C23H28O3. The lowest BCUT2D eigenvalue weighted by Crippen LogP contribution is -2.14. The van der Waals surface area contributed by atoms with Gasteiger partial charge in [-0.1, -0.05) is 63.2 Å². The van der Waals surface area contributed by atoms with Gasteiger partial charge in [-0.25, -0.2) is 4.79 Å². The van der Waals surface area contributed by atoms with Crippen LogP contribution in [0, 0.1) is 5.41 Å². The van der Waals surface area contributed by atoms with Gasteiger partial charge >= 0.3 is 5.97 Å². The van der Waals surface area contributed by atoms with Crippen LogP contribution in [0.15, 0.2) is 59.9 Å². The predicted octanol–water partition coefficient (Wildman–Crippen LogP) is 5.75. The van der Waals surface area contributed by atoms with Crippen molar-refractivity contribution in [3.8, 4) is 0 Å². The van der Waals surface area contributed by atoms with E-state index in [2.05, 4.69) is 39.0 Å². The van der Waals surface area contributed by atoms with Crippen molar-refractivity contribution in [2.45, 2.75) is 34.6 Å². The molecule has 0 saturated heterocycles. The number of ether oxygens (including phenoxy) is 2. The number of benzene rings is 2. The van der Waals surface area contributed by atoms with E-state index in [0.717, 1.165) is 16.3 Å². The van der Waals surface area contributed by atoms with Crippen LogP contribution in [0.25, 0.3) is 16.8 Å². The molecule has 3 nitrogen and oxygen atoms in total. The van der Waals surface area contributed by atoms with Crippen molar-refractivity contribution in [2.24, 2.45) is 5.41 Å². The normalized spacial score (nSPS) is 13.0. The van der Waals surface area contributed by atoms with Crippen molar-refractivity contribution in [1.82, 2.24) is 0 Å². The van der Waals surface area contributed by atoms with E-state index in [9.17, 15) is 4.79 Å². The average molecular weight is 352 g/mol. The summed E-state index contributed by atoms with van der Waals surface area (Å²) in [5, 5.41) is 2.21. The van der Waals surface area contributed by atoms with E-state index in [1.54, 1.807) is 6.92 Å². The minimum absolute atomic E-state index is 0.130. The van der Waals surface area contributed by atoms with E-state index >= 15 is 0 Å². The first-order valence-corrected chi connectivity index (χ1v) is 9.08. The molecule has 2 aromatic carbocycles. The highest BCUT2D eigenvalue weighted by Gasteiger charge is 2.21. The second-order valence-corrected chi connectivity index (χ2v) is 7.15. The SMILES string of the molecule is CCOC(=O)C(=C/c1cccc2ccccc12)/C(=C\C(C)(C)C)OCC. The van der Waals surface area contributed by atoms with Crippen LogP contribution in [0.2, 0.25) is 0 Å². The van der Waals surface area contributed by atoms with Crippen LogP contribution in [-0.2, 0) is 14.3 Å². The summed E-state index contributed by atoms with van der Waals surface area (Å²) < 4.78 is 11.1. The molecule has 0 atom stereocenters. The fraction of sp³-hybridized carbons (Fsp3) is 0.348. The molecule has 2 rings (SSSR count). The molecule has 0 amide bonds. The zero-order chi connectivity index (χ0) is 19.2. The number of rotatable bonds is 6. The maximum absolute atomic E-state index is 12.7. The minimum atomic E-state index is -0.371. The highest BCUT2D eigenvalue weighted by Crippen LogP contribution is 2.27. The molecular weight excluding hydrogens is 324 g/mol. The largest absolute Gasteiger partial charge is 0.493 e. The zero-order valence-corrected chi connectivity index (χ0v) is 16.3. The van der Waals surface area contributed by atoms with Crippen molar-refractivity contribution < 1.29 is 14.3 Å². The van der Waals surface area contributed by atoms with Gasteiger partial charge in [0.1, 0.15) is 11.3 Å². The fourth-order valence-corrected chi connectivity index (χ4v) is 2.72. The summed E-state index contributed by atoms with van der Waals surface area (Å²) >= 11 is 0. The number of hydrogen-bond acceptors (Lipinski definition) is 3. The van der Waals surface area contributed by atoms with E-state index < -0.39 is 0 Å². The Morgan fingerprint density at radius 1 is 0.962 bits per heavy atom. The Labute approximate surface area is 156 Å². The number of carbonyl (C=O) groups is 1. The van der Waals surface area contributed by atoms with Crippen LogP contribution in [0.5, 0.6) is 0 Å². The van der Waals surface area contributed by atoms with E-state index in [0.29, 0.717) is 24.5 Å². The van der Waals surface area contributed by atoms with Crippen molar-refractivity contribution in [1.29, 1.82) is 0 Å². The van der Waals surface area contributed by atoms with Gasteiger partial charge in [-0.05, 0) is 47.8 Å². The van der Waals surface area contributed by atoms with Crippen molar-refractivity contribution >= 4 is 22.8 Å². The second kappa shape index (κ2) is 8.70. The summed E-state index contributed by atoms with van der Waals surface area (Å²) in [6.45, 7) is 10.7. The van der Waals surface area contributed by atoms with Gasteiger partial charge in [0.05, 0.1) is 13.2 Å². The van der Waals surface area contributed by atoms with Crippen molar-refractivity contribution in [3.05, 3.63) is 65.4 Å². The molecule has 0 fully saturated rings. The van der Waals surface area contributed by atoms with Crippen molar-refractivity contribution in [2.75, 3.05) is 13.2 Å². The molecule has 0 aromatic heterocycles. The zero-order valence-electron chi connectivity index (χ0n) is 16.3. The number of fused-ring (bicyclic) bond motifs is 1. The molecule has 138 valence electrons. The molecule has 0 aliphatic heterocycles. The molecule has 0 N–H and O–H groups in total. The van der Waals surface area contributed by atoms with Gasteiger partial charge in [0, 0.05) is 0 Å². The Hall–Kier alpha value is -2.55. The third-order valence-electron chi connectivity index (χ3n) is 3.75. The van der Waals surface area contributed by atoms with Gasteiger partial charge in [-0.2, -0.15) is 0 Å². The van der Waals surface area contributed by atoms with Crippen molar-refractivity contribution in [3.63, 3.8) is 0 Å².